The lowest BCUT2D eigenvalue weighted by Gasteiger charge is -2.12. The largest absolute Gasteiger partial charge is 0.495 e. The smallest absolute Gasteiger partial charge is 0.335 e. The van der Waals surface area contributed by atoms with Gasteiger partial charge in [0.2, 0.25) is 10.0 Å². The van der Waals surface area contributed by atoms with E-state index in [4.69, 9.17) is 14.9 Å². The Hall–Kier alpha value is -1.64. The zero-order chi connectivity index (χ0) is 14.6. The topological polar surface area (TPSA) is 113 Å². The molecule has 1 atom stereocenters. The fourth-order valence-corrected chi connectivity index (χ4v) is 2.64. The molecule has 1 aromatic carbocycles. The van der Waals surface area contributed by atoms with Crippen LogP contribution in [0.4, 0.5) is 0 Å². The van der Waals surface area contributed by atoms with E-state index < -0.39 is 22.1 Å². The second-order valence-corrected chi connectivity index (χ2v) is 5.61. The van der Waals surface area contributed by atoms with E-state index in [0.29, 0.717) is 0 Å². The number of carboxylic acid groups (broad SMARTS) is 1. The summed E-state index contributed by atoms with van der Waals surface area (Å²) in [5, 5.41) is 17.9. The molecule has 0 spiro atoms. The Balaban J connectivity index is 3.22. The Labute approximate surface area is 110 Å². The van der Waals surface area contributed by atoms with Crippen LogP contribution in [0.3, 0.4) is 0 Å². The predicted molar refractivity (Wildman–Crippen MR) is 66.8 cm³/mol. The third-order valence-corrected chi connectivity index (χ3v) is 3.71. The molecule has 0 radical (unpaired) electrons. The van der Waals surface area contributed by atoms with E-state index in [1.165, 1.54) is 26.2 Å². The third kappa shape index (κ3) is 3.91. The molecule has 0 fully saturated rings. The lowest BCUT2D eigenvalue weighted by molar-refractivity contribution is 0.0696. The summed E-state index contributed by atoms with van der Waals surface area (Å²) in [7, 11) is -2.67. The molecule has 3 N–H and O–H groups in total. The highest BCUT2D eigenvalue weighted by Crippen LogP contribution is 2.24. The van der Waals surface area contributed by atoms with Crippen molar-refractivity contribution < 1.29 is 28.2 Å². The molecule has 0 heterocycles. The Morgan fingerprint density at radius 3 is 2.58 bits per heavy atom. The number of methoxy groups -OCH3 is 1. The van der Waals surface area contributed by atoms with Gasteiger partial charge in [-0.2, -0.15) is 0 Å². The molecule has 106 valence electrons. The number of ether oxygens (including phenoxy) is 1. The highest BCUT2D eigenvalue weighted by atomic mass is 32.2. The highest BCUT2D eigenvalue weighted by molar-refractivity contribution is 7.89. The highest BCUT2D eigenvalue weighted by Gasteiger charge is 2.21. The number of benzene rings is 1. The van der Waals surface area contributed by atoms with Crippen LogP contribution in [0, 0.1) is 0 Å². The van der Waals surface area contributed by atoms with E-state index in [-0.39, 0.29) is 22.8 Å². The zero-order valence-electron chi connectivity index (χ0n) is 10.5. The number of carboxylic acids is 1. The van der Waals surface area contributed by atoms with Crippen molar-refractivity contribution >= 4 is 16.0 Å². The lowest BCUT2D eigenvalue weighted by atomic mass is 10.2. The first kappa shape index (κ1) is 15.4. The molecule has 7 nitrogen and oxygen atoms in total. The summed E-state index contributed by atoms with van der Waals surface area (Å²) in [6, 6.07) is 3.51. The average molecular weight is 289 g/mol. The number of nitrogens with one attached hydrogen (secondary N) is 1. The zero-order valence-corrected chi connectivity index (χ0v) is 11.3. The summed E-state index contributed by atoms with van der Waals surface area (Å²) in [5.41, 5.74) is -0.168. The van der Waals surface area contributed by atoms with Gasteiger partial charge >= 0.3 is 5.97 Å². The van der Waals surface area contributed by atoms with Crippen molar-refractivity contribution in [2.45, 2.75) is 17.9 Å². The maximum absolute atomic E-state index is 12.0. The monoisotopic (exact) mass is 289 g/mol. The van der Waals surface area contributed by atoms with E-state index >= 15 is 0 Å². The Kier molecular flexibility index (Phi) is 4.87. The van der Waals surface area contributed by atoms with Crippen molar-refractivity contribution in [3.63, 3.8) is 0 Å². The van der Waals surface area contributed by atoms with Gasteiger partial charge in [0.1, 0.15) is 10.6 Å². The molecule has 0 amide bonds. The van der Waals surface area contributed by atoms with Crippen molar-refractivity contribution in [1.82, 2.24) is 4.72 Å². The van der Waals surface area contributed by atoms with Gasteiger partial charge in [-0.05, 0) is 25.1 Å². The first-order valence-corrected chi connectivity index (χ1v) is 6.85. The molecule has 0 aromatic heterocycles. The van der Waals surface area contributed by atoms with Crippen LogP contribution < -0.4 is 9.46 Å². The number of hydrogen-bond donors (Lipinski definition) is 3. The van der Waals surface area contributed by atoms with Crippen molar-refractivity contribution in [3.05, 3.63) is 23.8 Å². The molecule has 0 bridgehead atoms. The van der Waals surface area contributed by atoms with Gasteiger partial charge < -0.3 is 14.9 Å². The number of aliphatic hydroxyl groups is 1. The minimum Gasteiger partial charge on any atom is -0.495 e. The van der Waals surface area contributed by atoms with Crippen LogP contribution in [-0.4, -0.2) is 44.4 Å². The van der Waals surface area contributed by atoms with Crippen LogP contribution in [0.25, 0.3) is 0 Å². The van der Waals surface area contributed by atoms with E-state index in [9.17, 15) is 13.2 Å². The van der Waals surface area contributed by atoms with Crippen molar-refractivity contribution in [3.8, 4) is 5.75 Å². The summed E-state index contributed by atoms with van der Waals surface area (Å²) in [6.07, 6.45) is -0.858. The SMILES string of the molecule is COc1ccc(C(=O)O)cc1S(=O)(=O)NC[C@@H](C)O. The number of hydrogen-bond acceptors (Lipinski definition) is 5. The summed E-state index contributed by atoms with van der Waals surface area (Å²) < 4.78 is 31.1. The quantitative estimate of drug-likeness (QED) is 0.682. The summed E-state index contributed by atoms with van der Waals surface area (Å²) in [5.74, 6) is -1.21. The first-order chi connectivity index (χ1) is 8.77. The number of carbonyl (C=O) groups is 1. The van der Waals surface area contributed by atoms with Crippen LogP contribution >= 0.6 is 0 Å². The van der Waals surface area contributed by atoms with E-state index in [1.807, 2.05) is 0 Å². The molecule has 0 saturated heterocycles. The van der Waals surface area contributed by atoms with Gasteiger partial charge in [0.25, 0.3) is 0 Å². The molecule has 19 heavy (non-hydrogen) atoms. The van der Waals surface area contributed by atoms with Gasteiger partial charge in [0.05, 0.1) is 18.8 Å². The summed E-state index contributed by atoms with van der Waals surface area (Å²) in [6.45, 7) is 1.25. The maximum Gasteiger partial charge on any atom is 0.335 e. The van der Waals surface area contributed by atoms with E-state index in [0.717, 1.165) is 6.07 Å². The predicted octanol–water partition coefficient (Wildman–Crippen LogP) is 0.0525. The lowest BCUT2D eigenvalue weighted by Crippen LogP contribution is -2.31. The second-order valence-electron chi connectivity index (χ2n) is 3.87. The van der Waals surface area contributed by atoms with Crippen LogP contribution in [0.1, 0.15) is 17.3 Å². The van der Waals surface area contributed by atoms with Crippen LogP contribution in [0.5, 0.6) is 5.75 Å². The molecule has 0 unspecified atom stereocenters. The van der Waals surface area contributed by atoms with Crippen molar-refractivity contribution in [2.24, 2.45) is 0 Å². The third-order valence-electron chi connectivity index (χ3n) is 2.27. The van der Waals surface area contributed by atoms with Gasteiger partial charge in [0.15, 0.2) is 0 Å². The minimum absolute atomic E-state index is 0.0306. The van der Waals surface area contributed by atoms with Crippen molar-refractivity contribution in [1.29, 1.82) is 0 Å². The first-order valence-electron chi connectivity index (χ1n) is 5.37. The van der Waals surface area contributed by atoms with E-state index in [2.05, 4.69) is 4.72 Å². The Bertz CT molecular complexity index is 567. The number of aliphatic hydroxyl groups excluding tert-OH is 1. The number of sulfonamides is 1. The summed E-state index contributed by atoms with van der Waals surface area (Å²) in [4.78, 5) is 10.6. The Morgan fingerprint density at radius 2 is 2.11 bits per heavy atom. The van der Waals surface area contributed by atoms with Crippen LogP contribution in [0.2, 0.25) is 0 Å². The molecular weight excluding hydrogens is 274 g/mol. The van der Waals surface area contributed by atoms with Crippen molar-refractivity contribution in [2.75, 3.05) is 13.7 Å². The van der Waals surface area contributed by atoms with Gasteiger partial charge in [0, 0.05) is 6.54 Å². The molecule has 0 aliphatic carbocycles. The molecule has 1 rings (SSSR count). The van der Waals surface area contributed by atoms with Crippen LogP contribution in [0.15, 0.2) is 23.1 Å². The number of rotatable bonds is 6. The minimum atomic E-state index is -3.95. The average Bonchev–Trinajstić information content (AvgIpc) is 2.35. The summed E-state index contributed by atoms with van der Waals surface area (Å²) >= 11 is 0. The Morgan fingerprint density at radius 1 is 1.47 bits per heavy atom. The molecule has 0 saturated carbocycles. The van der Waals surface area contributed by atoms with Gasteiger partial charge in [-0.15, -0.1) is 0 Å². The van der Waals surface area contributed by atoms with E-state index in [1.54, 1.807) is 0 Å². The fourth-order valence-electron chi connectivity index (χ4n) is 1.33. The van der Waals surface area contributed by atoms with Crippen LogP contribution in [-0.2, 0) is 10.0 Å². The molecule has 0 aliphatic rings. The normalized spacial score (nSPS) is 13.0. The van der Waals surface area contributed by atoms with Gasteiger partial charge in [-0.25, -0.2) is 17.9 Å². The molecular formula is C11H15NO6S. The standard InChI is InChI=1S/C11H15NO6S/c1-7(13)6-12-19(16,17)10-5-8(11(14)15)3-4-9(10)18-2/h3-5,7,12-13H,6H2,1-2H3,(H,14,15)/t7-/m1/s1. The number of aromatic carboxylic acids is 1. The molecule has 1 aromatic rings. The van der Waals surface area contributed by atoms with Gasteiger partial charge in [-0.3, -0.25) is 0 Å². The van der Waals surface area contributed by atoms with Gasteiger partial charge in [-0.1, -0.05) is 0 Å². The maximum atomic E-state index is 12.0. The molecule has 8 heteroatoms. The second kappa shape index (κ2) is 6.00. The molecule has 0 aliphatic heterocycles. The fraction of sp³-hybridized carbons (Fsp3) is 0.364.